The van der Waals surface area contributed by atoms with E-state index in [0.29, 0.717) is 18.8 Å². The SMILES string of the molecule is CCOc1c(NCCC2=CCCCC2)c(=O)c1=O. The van der Waals surface area contributed by atoms with E-state index in [2.05, 4.69) is 11.4 Å². The largest absolute Gasteiger partial charge is 0.488 e. The summed E-state index contributed by atoms with van der Waals surface area (Å²) in [4.78, 5) is 22.6. The average Bonchev–Trinajstić information content (AvgIpc) is 2.42. The highest BCUT2D eigenvalue weighted by Gasteiger charge is 2.21. The van der Waals surface area contributed by atoms with Crippen molar-refractivity contribution in [1.82, 2.24) is 0 Å². The van der Waals surface area contributed by atoms with Crippen molar-refractivity contribution in [2.75, 3.05) is 18.5 Å². The highest BCUT2D eigenvalue weighted by Crippen LogP contribution is 2.21. The van der Waals surface area contributed by atoms with E-state index in [1.807, 2.05) is 0 Å². The Bertz CT molecular complexity index is 509. The topological polar surface area (TPSA) is 55.4 Å². The van der Waals surface area contributed by atoms with Gasteiger partial charge in [0.15, 0.2) is 5.75 Å². The van der Waals surface area contributed by atoms with E-state index in [1.165, 1.54) is 24.8 Å². The van der Waals surface area contributed by atoms with Crippen LogP contribution in [0.2, 0.25) is 0 Å². The van der Waals surface area contributed by atoms with E-state index in [0.717, 1.165) is 12.8 Å². The van der Waals surface area contributed by atoms with Crippen LogP contribution in [0.4, 0.5) is 5.69 Å². The maximum atomic E-state index is 11.4. The summed E-state index contributed by atoms with van der Waals surface area (Å²) in [6.45, 7) is 2.90. The van der Waals surface area contributed by atoms with Crippen molar-refractivity contribution in [3.63, 3.8) is 0 Å². The van der Waals surface area contributed by atoms with E-state index in [1.54, 1.807) is 6.92 Å². The first-order chi connectivity index (χ1) is 8.74. The van der Waals surface area contributed by atoms with Gasteiger partial charge in [0.1, 0.15) is 5.69 Å². The fraction of sp³-hybridized carbons (Fsp3) is 0.571. The smallest absolute Gasteiger partial charge is 0.272 e. The summed E-state index contributed by atoms with van der Waals surface area (Å²) in [6.07, 6.45) is 8.09. The molecule has 0 aliphatic heterocycles. The summed E-state index contributed by atoms with van der Waals surface area (Å²) < 4.78 is 5.15. The predicted molar refractivity (Wildman–Crippen MR) is 72.2 cm³/mol. The molecule has 0 bridgehead atoms. The molecule has 1 aliphatic carbocycles. The van der Waals surface area contributed by atoms with Gasteiger partial charge in [0.05, 0.1) is 6.61 Å². The van der Waals surface area contributed by atoms with Crippen LogP contribution in [-0.4, -0.2) is 13.2 Å². The molecule has 1 aromatic rings. The zero-order valence-corrected chi connectivity index (χ0v) is 10.8. The standard InChI is InChI=1S/C14H19NO3/c1-2-18-14-11(12(16)13(14)17)15-9-8-10-6-4-3-5-7-10/h6,15H,2-5,7-9H2,1H3. The number of allylic oxidation sites excluding steroid dienone is 1. The summed E-state index contributed by atoms with van der Waals surface area (Å²) in [5, 5.41) is 3.02. The molecule has 98 valence electrons. The molecule has 0 fully saturated rings. The Morgan fingerprint density at radius 1 is 1.28 bits per heavy atom. The monoisotopic (exact) mass is 249 g/mol. The quantitative estimate of drug-likeness (QED) is 0.618. The van der Waals surface area contributed by atoms with Crippen molar-refractivity contribution >= 4 is 5.69 Å². The number of hydrogen-bond donors (Lipinski definition) is 1. The fourth-order valence-corrected chi connectivity index (χ4v) is 2.29. The van der Waals surface area contributed by atoms with Crippen LogP contribution in [0.15, 0.2) is 21.2 Å². The second-order valence-corrected chi connectivity index (χ2v) is 4.58. The van der Waals surface area contributed by atoms with Gasteiger partial charge in [-0.05, 0) is 39.0 Å². The lowest BCUT2D eigenvalue weighted by atomic mass is 9.97. The zero-order chi connectivity index (χ0) is 13.0. The van der Waals surface area contributed by atoms with Crippen LogP contribution in [0, 0.1) is 0 Å². The maximum Gasteiger partial charge on any atom is 0.272 e. The summed E-state index contributed by atoms with van der Waals surface area (Å²) in [5.74, 6) is 0.208. The third-order valence-corrected chi connectivity index (χ3v) is 3.29. The molecule has 0 saturated carbocycles. The van der Waals surface area contributed by atoms with Crippen molar-refractivity contribution < 1.29 is 4.74 Å². The van der Waals surface area contributed by atoms with Crippen molar-refractivity contribution in [1.29, 1.82) is 0 Å². The van der Waals surface area contributed by atoms with E-state index in [-0.39, 0.29) is 5.75 Å². The van der Waals surface area contributed by atoms with Gasteiger partial charge in [-0.1, -0.05) is 11.6 Å². The molecule has 0 amide bonds. The predicted octanol–water partition coefficient (Wildman–Crippen LogP) is 1.98. The van der Waals surface area contributed by atoms with Crippen LogP contribution in [-0.2, 0) is 0 Å². The number of ether oxygens (including phenoxy) is 1. The molecule has 0 atom stereocenters. The minimum Gasteiger partial charge on any atom is -0.488 e. The molecule has 0 radical (unpaired) electrons. The van der Waals surface area contributed by atoms with Gasteiger partial charge in [-0.15, -0.1) is 0 Å². The second-order valence-electron chi connectivity index (χ2n) is 4.58. The molecule has 0 aromatic heterocycles. The summed E-state index contributed by atoms with van der Waals surface area (Å²) in [7, 11) is 0. The van der Waals surface area contributed by atoms with Crippen LogP contribution in [0.25, 0.3) is 0 Å². The Morgan fingerprint density at radius 2 is 2.11 bits per heavy atom. The van der Waals surface area contributed by atoms with Gasteiger partial charge in [0.2, 0.25) is 0 Å². The molecule has 1 aromatic carbocycles. The van der Waals surface area contributed by atoms with Crippen molar-refractivity contribution in [2.24, 2.45) is 0 Å². The van der Waals surface area contributed by atoms with Crippen molar-refractivity contribution in [2.45, 2.75) is 39.0 Å². The third kappa shape index (κ3) is 2.63. The van der Waals surface area contributed by atoms with Gasteiger partial charge < -0.3 is 10.1 Å². The third-order valence-electron chi connectivity index (χ3n) is 3.29. The summed E-state index contributed by atoms with van der Waals surface area (Å²) in [5.41, 5.74) is 0.857. The van der Waals surface area contributed by atoms with Crippen LogP contribution in [0.5, 0.6) is 5.75 Å². The van der Waals surface area contributed by atoms with Crippen molar-refractivity contribution in [3.05, 3.63) is 32.1 Å². The second kappa shape index (κ2) is 5.85. The number of rotatable bonds is 6. The number of nitrogens with one attached hydrogen (secondary N) is 1. The molecule has 1 N–H and O–H groups in total. The molecular weight excluding hydrogens is 230 g/mol. The van der Waals surface area contributed by atoms with E-state index >= 15 is 0 Å². The Hall–Kier alpha value is -1.58. The minimum atomic E-state index is -0.503. The lowest BCUT2D eigenvalue weighted by Gasteiger charge is -2.15. The lowest BCUT2D eigenvalue weighted by Crippen LogP contribution is -2.36. The molecule has 4 heteroatoms. The van der Waals surface area contributed by atoms with Gasteiger partial charge in [-0.3, -0.25) is 9.59 Å². The molecule has 4 nitrogen and oxygen atoms in total. The molecule has 0 spiro atoms. The molecule has 0 unspecified atom stereocenters. The molecular formula is C14H19NO3. The Balaban J connectivity index is 1.87. The minimum absolute atomic E-state index is 0.208. The Labute approximate surface area is 106 Å². The van der Waals surface area contributed by atoms with Crippen LogP contribution in [0.3, 0.4) is 0 Å². The molecule has 0 saturated heterocycles. The van der Waals surface area contributed by atoms with Gasteiger partial charge in [-0.2, -0.15) is 0 Å². The first kappa shape index (κ1) is 12.9. The molecule has 18 heavy (non-hydrogen) atoms. The van der Waals surface area contributed by atoms with Gasteiger partial charge >= 0.3 is 0 Å². The summed E-state index contributed by atoms with van der Waals surface area (Å²) in [6, 6.07) is 0. The highest BCUT2D eigenvalue weighted by molar-refractivity contribution is 5.61. The maximum absolute atomic E-state index is 11.4. The summed E-state index contributed by atoms with van der Waals surface area (Å²) >= 11 is 0. The van der Waals surface area contributed by atoms with Crippen LogP contribution >= 0.6 is 0 Å². The molecule has 1 aliphatic rings. The van der Waals surface area contributed by atoms with Crippen molar-refractivity contribution in [3.8, 4) is 5.75 Å². The van der Waals surface area contributed by atoms with Crippen LogP contribution < -0.4 is 20.9 Å². The molecule has 2 rings (SSSR count). The molecule has 0 heterocycles. The lowest BCUT2D eigenvalue weighted by molar-refractivity contribution is 0.334. The van der Waals surface area contributed by atoms with E-state index < -0.39 is 10.9 Å². The Kier molecular flexibility index (Phi) is 4.18. The first-order valence-corrected chi connectivity index (χ1v) is 6.62. The number of hydrogen-bond acceptors (Lipinski definition) is 4. The highest BCUT2D eigenvalue weighted by atomic mass is 16.5. The zero-order valence-electron chi connectivity index (χ0n) is 10.8. The van der Waals surface area contributed by atoms with Crippen LogP contribution in [0.1, 0.15) is 39.0 Å². The van der Waals surface area contributed by atoms with E-state index in [9.17, 15) is 9.59 Å². The Morgan fingerprint density at radius 3 is 2.78 bits per heavy atom. The van der Waals surface area contributed by atoms with Gasteiger partial charge in [0, 0.05) is 6.54 Å². The van der Waals surface area contributed by atoms with Gasteiger partial charge in [-0.25, -0.2) is 0 Å². The average molecular weight is 249 g/mol. The van der Waals surface area contributed by atoms with Gasteiger partial charge in [0.25, 0.3) is 10.9 Å². The first-order valence-electron chi connectivity index (χ1n) is 6.62. The fourth-order valence-electron chi connectivity index (χ4n) is 2.29. The van der Waals surface area contributed by atoms with E-state index in [4.69, 9.17) is 4.74 Å². The number of anilines is 1. The normalized spacial score (nSPS) is 15.5.